The van der Waals surface area contributed by atoms with Crippen molar-refractivity contribution in [3.63, 3.8) is 0 Å². The molecule has 0 saturated carbocycles. The number of aliphatic hydroxyl groups is 1. The predicted molar refractivity (Wildman–Crippen MR) is 137 cm³/mol. The third kappa shape index (κ3) is 6.58. The first-order valence-corrected chi connectivity index (χ1v) is 13.3. The Labute approximate surface area is 214 Å². The molecular weight excluding hydrogens is 458 g/mol. The number of fused-ring (bicyclic) bond motifs is 1. The Kier molecular flexibility index (Phi) is 9.24. The van der Waals surface area contributed by atoms with Crippen molar-refractivity contribution in [2.75, 3.05) is 13.1 Å². The first kappa shape index (κ1) is 26.5. The van der Waals surface area contributed by atoms with E-state index >= 15 is 0 Å². The minimum atomic E-state index is -1.09. The lowest BCUT2D eigenvalue weighted by molar-refractivity contribution is -0.195. The van der Waals surface area contributed by atoms with E-state index in [9.17, 15) is 15.0 Å². The molecule has 2 aliphatic rings. The maximum absolute atomic E-state index is 11.5. The highest BCUT2D eigenvalue weighted by molar-refractivity contribution is 5.72. The summed E-state index contributed by atoms with van der Waals surface area (Å²) in [6.07, 6.45) is 2.63. The Hall–Kier alpha value is -2.61. The third-order valence-corrected chi connectivity index (χ3v) is 7.07. The summed E-state index contributed by atoms with van der Waals surface area (Å²) in [6.45, 7) is 7.04. The molecule has 2 N–H and O–H groups in total. The van der Waals surface area contributed by atoms with E-state index in [1.165, 1.54) is 5.56 Å². The van der Waals surface area contributed by atoms with Crippen LogP contribution in [0.4, 0.5) is 0 Å². The third-order valence-electron chi connectivity index (χ3n) is 7.07. The highest BCUT2D eigenvalue weighted by Gasteiger charge is 2.35. The fourth-order valence-corrected chi connectivity index (χ4v) is 5.35. The number of aliphatic hydroxyl groups excluding tert-OH is 1. The molecule has 0 amide bonds. The fourth-order valence-electron chi connectivity index (χ4n) is 5.35. The number of aliphatic carboxylic acids is 1. The molecule has 1 aliphatic heterocycles. The standard InChI is InChI=1S/C29H39NO6/c1-3-14-30(15-4-2)22-11-12-24-21(16-22)10-13-25(34-19-20-8-6-5-7-9-20)28(24)36-27-18-23(31)17-26(35-27)29(32)33/h5-10,13,22-23,26-27,31H,3-4,11-12,14-19H2,1-2H3,(H,32,33)/t22?,23?,26-,27?/m0/s1. The second-order valence-electron chi connectivity index (χ2n) is 9.87. The van der Waals surface area contributed by atoms with Crippen LogP contribution in [0.25, 0.3) is 0 Å². The second-order valence-corrected chi connectivity index (χ2v) is 9.87. The van der Waals surface area contributed by atoms with E-state index in [-0.39, 0.29) is 12.8 Å². The number of ether oxygens (including phenoxy) is 3. The molecule has 1 saturated heterocycles. The minimum Gasteiger partial charge on any atom is -0.485 e. The van der Waals surface area contributed by atoms with Gasteiger partial charge in [0.05, 0.1) is 6.10 Å². The van der Waals surface area contributed by atoms with Gasteiger partial charge in [-0.25, -0.2) is 4.79 Å². The number of carbonyl (C=O) groups is 1. The summed E-state index contributed by atoms with van der Waals surface area (Å²) in [5.41, 5.74) is 3.38. The number of carboxylic acid groups (broad SMARTS) is 1. The van der Waals surface area contributed by atoms with Gasteiger partial charge in [-0.05, 0) is 62.4 Å². The summed E-state index contributed by atoms with van der Waals surface area (Å²) in [7, 11) is 0. The van der Waals surface area contributed by atoms with Crippen LogP contribution in [0.15, 0.2) is 42.5 Å². The number of nitrogens with zero attached hydrogens (tertiary/aromatic N) is 1. The summed E-state index contributed by atoms with van der Waals surface area (Å²) in [5.74, 6) is 0.140. The first-order chi connectivity index (χ1) is 17.5. The van der Waals surface area contributed by atoms with E-state index < -0.39 is 24.5 Å². The van der Waals surface area contributed by atoms with Gasteiger partial charge in [0.2, 0.25) is 6.29 Å². The highest BCUT2D eigenvalue weighted by Crippen LogP contribution is 2.40. The van der Waals surface area contributed by atoms with E-state index in [1.54, 1.807) is 0 Å². The van der Waals surface area contributed by atoms with Crippen LogP contribution in [0.1, 0.15) is 62.6 Å². The van der Waals surface area contributed by atoms with Crippen molar-refractivity contribution in [1.82, 2.24) is 4.90 Å². The van der Waals surface area contributed by atoms with Crippen LogP contribution in [0.2, 0.25) is 0 Å². The lowest BCUT2D eigenvalue weighted by Gasteiger charge is -2.37. The molecule has 3 unspecified atom stereocenters. The van der Waals surface area contributed by atoms with Gasteiger partial charge >= 0.3 is 5.97 Å². The summed E-state index contributed by atoms with van der Waals surface area (Å²) < 4.78 is 18.3. The fraction of sp³-hybridized carbons (Fsp3) is 0.552. The van der Waals surface area contributed by atoms with Gasteiger partial charge in [0.25, 0.3) is 0 Å². The van der Waals surface area contributed by atoms with Crippen LogP contribution >= 0.6 is 0 Å². The van der Waals surface area contributed by atoms with Crippen molar-refractivity contribution in [1.29, 1.82) is 0 Å². The monoisotopic (exact) mass is 497 g/mol. The van der Waals surface area contributed by atoms with Crippen molar-refractivity contribution in [2.24, 2.45) is 0 Å². The van der Waals surface area contributed by atoms with Crippen LogP contribution < -0.4 is 9.47 Å². The maximum atomic E-state index is 11.5. The van der Waals surface area contributed by atoms with E-state index in [0.29, 0.717) is 24.1 Å². The maximum Gasteiger partial charge on any atom is 0.333 e. The van der Waals surface area contributed by atoms with Crippen LogP contribution in [0, 0.1) is 0 Å². The molecule has 196 valence electrons. The zero-order valence-corrected chi connectivity index (χ0v) is 21.4. The van der Waals surface area contributed by atoms with E-state index in [2.05, 4.69) is 24.8 Å². The molecule has 4 atom stereocenters. The summed E-state index contributed by atoms with van der Waals surface area (Å²) >= 11 is 0. The second kappa shape index (κ2) is 12.6. The van der Waals surface area contributed by atoms with Crippen LogP contribution in [0.3, 0.4) is 0 Å². The van der Waals surface area contributed by atoms with Crippen LogP contribution in [-0.4, -0.2) is 58.7 Å². The zero-order valence-electron chi connectivity index (χ0n) is 21.4. The van der Waals surface area contributed by atoms with E-state index in [1.807, 2.05) is 36.4 Å². The number of hydrogen-bond donors (Lipinski definition) is 2. The number of rotatable bonds is 11. The Morgan fingerprint density at radius 1 is 1.08 bits per heavy atom. The van der Waals surface area contributed by atoms with Gasteiger partial charge in [0.15, 0.2) is 17.6 Å². The number of benzene rings is 2. The van der Waals surface area contributed by atoms with Gasteiger partial charge in [-0.2, -0.15) is 0 Å². The molecule has 7 heteroatoms. The Balaban J connectivity index is 1.60. The Morgan fingerprint density at radius 3 is 2.53 bits per heavy atom. The summed E-state index contributed by atoms with van der Waals surface area (Å²) in [6, 6.07) is 14.5. The quantitative estimate of drug-likeness (QED) is 0.470. The van der Waals surface area contributed by atoms with Crippen LogP contribution in [0.5, 0.6) is 11.5 Å². The van der Waals surface area contributed by atoms with Gasteiger partial charge in [0, 0.05) is 24.4 Å². The molecule has 0 aromatic heterocycles. The molecule has 2 aromatic carbocycles. The van der Waals surface area contributed by atoms with E-state index in [0.717, 1.165) is 56.3 Å². The van der Waals surface area contributed by atoms with Crippen molar-refractivity contribution >= 4 is 5.97 Å². The lowest BCUT2D eigenvalue weighted by atomic mass is 9.86. The molecule has 1 fully saturated rings. The molecule has 4 rings (SSSR count). The van der Waals surface area contributed by atoms with Gasteiger partial charge in [0.1, 0.15) is 6.61 Å². The molecule has 1 heterocycles. The zero-order chi connectivity index (χ0) is 25.5. The molecule has 0 bridgehead atoms. The summed E-state index contributed by atoms with van der Waals surface area (Å²) in [5, 5.41) is 19.7. The van der Waals surface area contributed by atoms with Crippen molar-refractivity contribution in [3.8, 4) is 11.5 Å². The molecule has 1 aliphatic carbocycles. The smallest absolute Gasteiger partial charge is 0.333 e. The minimum absolute atomic E-state index is 0.0613. The highest BCUT2D eigenvalue weighted by atomic mass is 16.7. The molecule has 2 aromatic rings. The normalized spacial score (nSPS) is 23.8. The first-order valence-electron chi connectivity index (χ1n) is 13.3. The topological polar surface area (TPSA) is 88.5 Å². The largest absolute Gasteiger partial charge is 0.485 e. The molecular formula is C29H39NO6. The molecule has 7 nitrogen and oxygen atoms in total. The molecule has 36 heavy (non-hydrogen) atoms. The van der Waals surface area contributed by atoms with Crippen molar-refractivity contribution in [3.05, 3.63) is 59.2 Å². The molecule has 0 spiro atoms. The lowest BCUT2D eigenvalue weighted by Crippen LogP contribution is -2.43. The van der Waals surface area contributed by atoms with Crippen LogP contribution in [-0.2, 0) is 29.0 Å². The number of hydrogen-bond acceptors (Lipinski definition) is 6. The predicted octanol–water partition coefficient (Wildman–Crippen LogP) is 4.57. The summed E-state index contributed by atoms with van der Waals surface area (Å²) in [4.78, 5) is 14.1. The molecule has 0 radical (unpaired) electrons. The average Bonchev–Trinajstić information content (AvgIpc) is 2.88. The van der Waals surface area contributed by atoms with E-state index in [4.69, 9.17) is 14.2 Å². The Morgan fingerprint density at radius 2 is 1.83 bits per heavy atom. The number of carboxylic acids is 1. The van der Waals surface area contributed by atoms with Crippen molar-refractivity contribution < 1.29 is 29.2 Å². The Bertz CT molecular complexity index is 991. The van der Waals surface area contributed by atoms with Crippen molar-refractivity contribution in [2.45, 2.75) is 89.9 Å². The van der Waals surface area contributed by atoms with Gasteiger partial charge in [-0.15, -0.1) is 0 Å². The SMILES string of the molecule is CCCN(CCC)C1CCc2c(ccc(OCc3ccccc3)c2OC2CC(O)C[C@@H](C(=O)O)O2)C1. The van der Waals surface area contributed by atoms with Gasteiger partial charge in [-0.1, -0.05) is 50.2 Å². The van der Waals surface area contributed by atoms with Gasteiger partial charge in [-0.3, -0.25) is 0 Å². The van der Waals surface area contributed by atoms with Gasteiger partial charge < -0.3 is 29.3 Å². The average molecular weight is 498 g/mol.